The molecule has 6 nitrogen and oxygen atoms in total. The van der Waals surface area contributed by atoms with Crippen molar-refractivity contribution in [2.45, 2.75) is 13.3 Å². The maximum absolute atomic E-state index is 11.5. The minimum absolute atomic E-state index is 0.0915. The van der Waals surface area contributed by atoms with Gasteiger partial charge < -0.3 is 16.3 Å². The van der Waals surface area contributed by atoms with Crippen molar-refractivity contribution in [2.75, 3.05) is 6.54 Å². The summed E-state index contributed by atoms with van der Waals surface area (Å²) >= 11 is 1.52. The van der Waals surface area contributed by atoms with E-state index >= 15 is 0 Å². The van der Waals surface area contributed by atoms with Crippen LogP contribution >= 0.6 is 11.3 Å². The third-order valence-corrected chi connectivity index (χ3v) is 2.75. The third kappa shape index (κ3) is 3.50. The van der Waals surface area contributed by atoms with E-state index in [0.29, 0.717) is 13.0 Å². The van der Waals surface area contributed by atoms with Gasteiger partial charge in [0.1, 0.15) is 0 Å². The minimum atomic E-state index is -0.625. The standard InChI is InChI=1S/C9H14N4O2S/c1-6(8(10)13-15)9(14)11-3-2-7-4-16-5-12-7/h4-6,15H,2-3H2,1H3,(H2,10,13)(H,11,14). The summed E-state index contributed by atoms with van der Waals surface area (Å²) in [6.07, 6.45) is 0.679. The van der Waals surface area contributed by atoms with Gasteiger partial charge in [-0.15, -0.1) is 11.3 Å². The summed E-state index contributed by atoms with van der Waals surface area (Å²) in [6.45, 7) is 2.07. The van der Waals surface area contributed by atoms with Crippen molar-refractivity contribution in [3.8, 4) is 0 Å². The summed E-state index contributed by atoms with van der Waals surface area (Å²) in [5.41, 5.74) is 8.00. The van der Waals surface area contributed by atoms with E-state index in [1.807, 2.05) is 5.38 Å². The van der Waals surface area contributed by atoms with E-state index in [2.05, 4.69) is 15.5 Å². The van der Waals surface area contributed by atoms with Gasteiger partial charge in [0.2, 0.25) is 5.91 Å². The van der Waals surface area contributed by atoms with E-state index in [9.17, 15) is 4.79 Å². The van der Waals surface area contributed by atoms with E-state index in [-0.39, 0.29) is 11.7 Å². The average Bonchev–Trinajstić information content (AvgIpc) is 2.79. The van der Waals surface area contributed by atoms with E-state index in [4.69, 9.17) is 10.9 Å². The fraction of sp³-hybridized carbons (Fsp3) is 0.444. The monoisotopic (exact) mass is 242 g/mol. The number of carbonyl (C=O) groups is 1. The number of aromatic nitrogens is 1. The number of carbonyl (C=O) groups excluding carboxylic acids is 1. The molecule has 0 radical (unpaired) electrons. The third-order valence-electron chi connectivity index (χ3n) is 2.12. The summed E-state index contributed by atoms with van der Waals surface area (Å²) in [6, 6.07) is 0. The highest BCUT2D eigenvalue weighted by Gasteiger charge is 2.16. The molecule has 7 heteroatoms. The predicted octanol–water partition coefficient (Wildman–Crippen LogP) is 0.184. The molecule has 1 rings (SSSR count). The average molecular weight is 242 g/mol. The number of thiazole rings is 1. The molecule has 1 amide bonds. The van der Waals surface area contributed by atoms with Crippen molar-refractivity contribution in [2.24, 2.45) is 16.8 Å². The Bertz CT molecular complexity index is 364. The first-order chi connectivity index (χ1) is 7.65. The van der Waals surface area contributed by atoms with E-state index in [1.165, 1.54) is 11.3 Å². The van der Waals surface area contributed by atoms with Gasteiger partial charge in [-0.05, 0) is 6.92 Å². The number of nitrogens with two attached hydrogens (primary N) is 1. The molecule has 1 atom stereocenters. The summed E-state index contributed by atoms with van der Waals surface area (Å²) in [5.74, 6) is -0.975. The van der Waals surface area contributed by atoms with Gasteiger partial charge in [-0.25, -0.2) is 4.98 Å². The fourth-order valence-corrected chi connectivity index (χ4v) is 1.64. The summed E-state index contributed by atoms with van der Waals surface area (Å²) in [7, 11) is 0. The lowest BCUT2D eigenvalue weighted by molar-refractivity contribution is -0.122. The zero-order chi connectivity index (χ0) is 12.0. The lowest BCUT2D eigenvalue weighted by atomic mass is 10.1. The Morgan fingerprint density at radius 3 is 3.12 bits per heavy atom. The number of rotatable bonds is 5. The zero-order valence-corrected chi connectivity index (χ0v) is 9.70. The Morgan fingerprint density at radius 1 is 1.81 bits per heavy atom. The van der Waals surface area contributed by atoms with Crippen LogP contribution in [0.4, 0.5) is 0 Å². The molecule has 1 unspecified atom stereocenters. The maximum atomic E-state index is 11.5. The van der Waals surface area contributed by atoms with E-state index in [1.54, 1.807) is 12.4 Å². The summed E-state index contributed by atoms with van der Waals surface area (Å²) in [4.78, 5) is 15.6. The number of hydrogen-bond donors (Lipinski definition) is 3. The second kappa shape index (κ2) is 6.06. The maximum Gasteiger partial charge on any atom is 0.230 e. The predicted molar refractivity (Wildman–Crippen MR) is 61.4 cm³/mol. The first-order valence-electron chi connectivity index (χ1n) is 4.77. The quantitative estimate of drug-likeness (QED) is 0.297. The molecule has 0 aromatic carbocycles. The topological polar surface area (TPSA) is 101 Å². The second-order valence-electron chi connectivity index (χ2n) is 3.27. The highest BCUT2D eigenvalue weighted by atomic mass is 32.1. The van der Waals surface area contributed by atoms with Gasteiger partial charge in [0.15, 0.2) is 5.84 Å². The second-order valence-corrected chi connectivity index (χ2v) is 3.99. The Labute approximate surface area is 97.2 Å². The molecular formula is C9H14N4O2S. The van der Waals surface area contributed by atoms with Gasteiger partial charge >= 0.3 is 0 Å². The molecule has 0 aliphatic heterocycles. The van der Waals surface area contributed by atoms with Crippen LogP contribution in [0.2, 0.25) is 0 Å². The molecular weight excluding hydrogens is 228 g/mol. The van der Waals surface area contributed by atoms with Crippen molar-refractivity contribution >= 4 is 23.1 Å². The lowest BCUT2D eigenvalue weighted by Crippen LogP contribution is -2.38. The molecule has 0 saturated carbocycles. The molecule has 16 heavy (non-hydrogen) atoms. The van der Waals surface area contributed by atoms with Crippen molar-refractivity contribution in [1.29, 1.82) is 0 Å². The number of hydrogen-bond acceptors (Lipinski definition) is 5. The smallest absolute Gasteiger partial charge is 0.230 e. The van der Waals surface area contributed by atoms with Crippen LogP contribution < -0.4 is 11.1 Å². The van der Waals surface area contributed by atoms with Crippen LogP contribution in [-0.2, 0) is 11.2 Å². The van der Waals surface area contributed by atoms with Gasteiger partial charge in [0.05, 0.1) is 17.1 Å². The highest BCUT2D eigenvalue weighted by Crippen LogP contribution is 2.01. The zero-order valence-electron chi connectivity index (χ0n) is 8.88. The molecule has 0 saturated heterocycles. The van der Waals surface area contributed by atoms with Crippen LogP contribution in [0, 0.1) is 5.92 Å². The molecule has 0 fully saturated rings. The number of nitrogens with zero attached hydrogens (tertiary/aromatic N) is 2. The van der Waals surface area contributed by atoms with Crippen molar-refractivity contribution in [1.82, 2.24) is 10.3 Å². The molecule has 0 aliphatic rings. The number of amidine groups is 1. The van der Waals surface area contributed by atoms with Gasteiger partial charge in [-0.3, -0.25) is 4.79 Å². The van der Waals surface area contributed by atoms with Crippen LogP contribution in [0.1, 0.15) is 12.6 Å². The lowest BCUT2D eigenvalue weighted by Gasteiger charge is -2.09. The van der Waals surface area contributed by atoms with Gasteiger partial charge in [0, 0.05) is 18.3 Å². The van der Waals surface area contributed by atoms with Gasteiger partial charge in [-0.1, -0.05) is 5.16 Å². The number of amides is 1. The molecule has 1 aromatic heterocycles. The Morgan fingerprint density at radius 2 is 2.56 bits per heavy atom. The van der Waals surface area contributed by atoms with E-state index < -0.39 is 5.92 Å². The molecule has 88 valence electrons. The first-order valence-corrected chi connectivity index (χ1v) is 5.71. The van der Waals surface area contributed by atoms with Gasteiger partial charge in [-0.2, -0.15) is 0 Å². The first kappa shape index (κ1) is 12.4. The van der Waals surface area contributed by atoms with Crippen LogP contribution in [-0.4, -0.2) is 28.5 Å². The molecule has 4 N–H and O–H groups in total. The normalized spacial score (nSPS) is 13.4. The van der Waals surface area contributed by atoms with Gasteiger partial charge in [0.25, 0.3) is 0 Å². The molecule has 1 aromatic rings. The van der Waals surface area contributed by atoms with Crippen LogP contribution in [0.3, 0.4) is 0 Å². The van der Waals surface area contributed by atoms with E-state index in [0.717, 1.165) is 5.69 Å². The fourth-order valence-electron chi connectivity index (χ4n) is 1.05. The Balaban J connectivity index is 2.30. The largest absolute Gasteiger partial charge is 0.409 e. The number of oxime groups is 1. The van der Waals surface area contributed by atoms with Crippen LogP contribution in [0.5, 0.6) is 0 Å². The van der Waals surface area contributed by atoms with Crippen molar-refractivity contribution in [3.63, 3.8) is 0 Å². The number of nitrogens with one attached hydrogen (secondary N) is 1. The Kier molecular flexibility index (Phi) is 4.71. The summed E-state index contributed by atoms with van der Waals surface area (Å²) in [5, 5.41) is 15.8. The SMILES string of the molecule is CC(C(=O)NCCc1cscn1)C(N)=NO. The minimum Gasteiger partial charge on any atom is -0.409 e. The van der Waals surface area contributed by atoms with Crippen LogP contribution in [0.25, 0.3) is 0 Å². The molecule has 0 spiro atoms. The molecule has 0 bridgehead atoms. The van der Waals surface area contributed by atoms with Crippen molar-refractivity contribution in [3.05, 3.63) is 16.6 Å². The molecule has 0 aliphatic carbocycles. The van der Waals surface area contributed by atoms with Crippen molar-refractivity contribution < 1.29 is 10.0 Å². The molecule has 1 heterocycles. The Hall–Kier alpha value is -1.63. The highest BCUT2D eigenvalue weighted by molar-refractivity contribution is 7.07. The summed E-state index contributed by atoms with van der Waals surface area (Å²) < 4.78 is 0. The van der Waals surface area contributed by atoms with Crippen LogP contribution in [0.15, 0.2) is 16.0 Å².